The predicted molar refractivity (Wildman–Crippen MR) is 129 cm³/mol. The molecule has 1 fully saturated rings. The summed E-state index contributed by atoms with van der Waals surface area (Å²) in [5.41, 5.74) is 1.47. The van der Waals surface area contributed by atoms with Crippen LogP contribution < -0.4 is 16.0 Å². The molecule has 182 valence electrons. The Morgan fingerprint density at radius 2 is 1.63 bits per heavy atom. The van der Waals surface area contributed by atoms with Crippen LogP contribution in [0.5, 0.6) is 0 Å². The Hall–Kier alpha value is -3.88. The minimum atomic E-state index is -0.791. The van der Waals surface area contributed by atoms with E-state index >= 15 is 0 Å². The van der Waals surface area contributed by atoms with Crippen LogP contribution in [0.1, 0.15) is 61.6 Å². The average Bonchev–Trinajstić information content (AvgIpc) is 3.33. The van der Waals surface area contributed by atoms with Crippen molar-refractivity contribution in [1.82, 2.24) is 20.6 Å². The molecule has 2 aliphatic heterocycles. The third-order valence-corrected chi connectivity index (χ3v) is 5.88. The largest absolute Gasteiger partial charge is 0.351 e. The van der Waals surface area contributed by atoms with Crippen LogP contribution in [0.2, 0.25) is 0 Å². The summed E-state index contributed by atoms with van der Waals surface area (Å²) in [5.74, 6) is -2.19. The van der Waals surface area contributed by atoms with Gasteiger partial charge in [0.2, 0.25) is 5.91 Å². The molecule has 1 saturated heterocycles. The molecule has 0 radical (unpaired) electrons. The Labute approximate surface area is 202 Å². The standard InChI is InChI=1S/C24H21F2N5O2.C2H6/c1-24(2)10-14(22(32)31-24)12-6-8-13(9-7-12)28-21-19-17(11-27-23(19)33)29-20(30-21)18-15(25)4-3-5-16(18)26;1-2/h3-9,14H,10-11H2,1-2H3,(H,27,33)(H,31,32)(H,28,29,30);1-2H3. The first kappa shape index (κ1) is 24.3. The van der Waals surface area contributed by atoms with E-state index in [4.69, 9.17) is 0 Å². The SMILES string of the molecule is CC.CC1(C)CC(c2ccc(Nc3nc(-c4c(F)cccc4F)nc4c3C(=O)NC4)cc2)C(=O)N1. The molecule has 3 N–H and O–H groups in total. The summed E-state index contributed by atoms with van der Waals surface area (Å²) < 4.78 is 28.7. The van der Waals surface area contributed by atoms with E-state index in [9.17, 15) is 18.4 Å². The van der Waals surface area contributed by atoms with Gasteiger partial charge in [-0.15, -0.1) is 0 Å². The molecule has 7 nitrogen and oxygen atoms in total. The highest BCUT2D eigenvalue weighted by Crippen LogP contribution is 2.34. The quantitative estimate of drug-likeness (QED) is 0.499. The van der Waals surface area contributed by atoms with Crippen LogP contribution in [-0.4, -0.2) is 27.3 Å². The van der Waals surface area contributed by atoms with Crippen molar-refractivity contribution >= 4 is 23.3 Å². The molecule has 0 saturated carbocycles. The van der Waals surface area contributed by atoms with Gasteiger partial charge in [-0.05, 0) is 50.1 Å². The van der Waals surface area contributed by atoms with Gasteiger partial charge in [-0.2, -0.15) is 0 Å². The molecule has 0 spiro atoms. The maximum atomic E-state index is 14.3. The Balaban J connectivity index is 0.00000141. The first-order valence-electron chi connectivity index (χ1n) is 11.5. The number of carbonyl (C=O) groups is 2. The van der Waals surface area contributed by atoms with Gasteiger partial charge in [0.15, 0.2) is 5.82 Å². The summed E-state index contributed by atoms with van der Waals surface area (Å²) in [6.45, 7) is 8.11. The van der Waals surface area contributed by atoms with Gasteiger partial charge in [0.25, 0.3) is 5.91 Å². The van der Waals surface area contributed by atoms with Gasteiger partial charge in [0, 0.05) is 11.2 Å². The van der Waals surface area contributed by atoms with Gasteiger partial charge in [-0.1, -0.05) is 32.0 Å². The number of aromatic nitrogens is 2. The normalized spacial score (nSPS) is 17.7. The molecular formula is C26H27F2N5O2. The van der Waals surface area contributed by atoms with Crippen LogP contribution in [0, 0.1) is 11.6 Å². The number of nitrogens with zero attached hydrogens (tertiary/aromatic N) is 2. The van der Waals surface area contributed by atoms with Crippen molar-refractivity contribution in [3.63, 3.8) is 0 Å². The van der Waals surface area contributed by atoms with Crippen LogP contribution >= 0.6 is 0 Å². The second kappa shape index (κ2) is 9.40. The Morgan fingerprint density at radius 3 is 2.23 bits per heavy atom. The zero-order valence-corrected chi connectivity index (χ0v) is 20.0. The molecule has 0 aliphatic carbocycles. The lowest BCUT2D eigenvalue weighted by Crippen LogP contribution is -2.34. The zero-order chi connectivity index (χ0) is 25.3. The summed E-state index contributed by atoms with van der Waals surface area (Å²) in [5, 5.41) is 8.72. The topological polar surface area (TPSA) is 96.0 Å². The highest BCUT2D eigenvalue weighted by atomic mass is 19.1. The fourth-order valence-electron chi connectivity index (χ4n) is 4.32. The average molecular weight is 480 g/mol. The molecule has 5 rings (SSSR count). The van der Waals surface area contributed by atoms with Crippen LogP contribution in [0.4, 0.5) is 20.3 Å². The fourth-order valence-corrected chi connectivity index (χ4v) is 4.32. The number of amides is 2. The van der Waals surface area contributed by atoms with Gasteiger partial charge in [-0.3, -0.25) is 9.59 Å². The van der Waals surface area contributed by atoms with E-state index in [2.05, 4.69) is 25.9 Å². The Kier molecular flexibility index (Phi) is 6.51. The summed E-state index contributed by atoms with van der Waals surface area (Å²) in [6.07, 6.45) is 0.690. The minimum Gasteiger partial charge on any atom is -0.351 e. The van der Waals surface area contributed by atoms with Crippen molar-refractivity contribution in [2.45, 2.75) is 52.1 Å². The molecule has 2 aromatic carbocycles. The third-order valence-electron chi connectivity index (χ3n) is 5.88. The van der Waals surface area contributed by atoms with E-state index in [0.29, 0.717) is 17.8 Å². The molecule has 0 bridgehead atoms. The molecule has 3 aromatic rings. The first-order chi connectivity index (χ1) is 16.7. The zero-order valence-electron chi connectivity index (χ0n) is 20.0. The van der Waals surface area contributed by atoms with Crippen molar-refractivity contribution in [2.24, 2.45) is 0 Å². The van der Waals surface area contributed by atoms with Crippen molar-refractivity contribution in [3.05, 3.63) is 70.9 Å². The maximum Gasteiger partial charge on any atom is 0.257 e. The maximum absolute atomic E-state index is 14.3. The van der Waals surface area contributed by atoms with Crippen molar-refractivity contribution in [2.75, 3.05) is 5.32 Å². The highest BCUT2D eigenvalue weighted by Gasteiger charge is 2.38. The van der Waals surface area contributed by atoms with Crippen LogP contribution in [0.3, 0.4) is 0 Å². The van der Waals surface area contributed by atoms with Crippen molar-refractivity contribution < 1.29 is 18.4 Å². The van der Waals surface area contributed by atoms with Crippen LogP contribution in [-0.2, 0) is 11.3 Å². The lowest BCUT2D eigenvalue weighted by Gasteiger charge is -2.16. The number of carbonyl (C=O) groups excluding carboxylic acids is 2. The minimum absolute atomic E-state index is 0.0115. The van der Waals surface area contributed by atoms with E-state index in [1.807, 2.05) is 39.8 Å². The number of anilines is 2. The number of rotatable bonds is 4. The summed E-state index contributed by atoms with van der Waals surface area (Å²) in [4.78, 5) is 33.2. The number of fused-ring (bicyclic) bond motifs is 1. The summed E-state index contributed by atoms with van der Waals surface area (Å²) in [6, 6.07) is 10.8. The molecule has 2 amide bonds. The van der Waals surface area contributed by atoms with Gasteiger partial charge >= 0.3 is 0 Å². The smallest absolute Gasteiger partial charge is 0.257 e. The van der Waals surface area contributed by atoms with E-state index in [1.165, 1.54) is 6.07 Å². The van der Waals surface area contributed by atoms with E-state index < -0.39 is 11.6 Å². The molecule has 1 unspecified atom stereocenters. The number of nitrogens with one attached hydrogen (secondary N) is 3. The Morgan fingerprint density at radius 1 is 0.971 bits per heavy atom. The molecule has 2 aliphatic rings. The number of benzene rings is 2. The van der Waals surface area contributed by atoms with Gasteiger partial charge < -0.3 is 16.0 Å². The molecule has 35 heavy (non-hydrogen) atoms. The summed E-state index contributed by atoms with van der Waals surface area (Å²) >= 11 is 0. The van der Waals surface area contributed by atoms with Gasteiger partial charge in [-0.25, -0.2) is 18.7 Å². The molecular weight excluding hydrogens is 452 g/mol. The van der Waals surface area contributed by atoms with Gasteiger partial charge in [0.05, 0.1) is 23.7 Å². The second-order valence-electron chi connectivity index (χ2n) is 8.87. The van der Waals surface area contributed by atoms with Crippen LogP contribution in [0.25, 0.3) is 11.4 Å². The van der Waals surface area contributed by atoms with E-state index in [-0.39, 0.29) is 52.6 Å². The third kappa shape index (κ3) is 4.71. The van der Waals surface area contributed by atoms with Crippen molar-refractivity contribution in [3.8, 4) is 11.4 Å². The molecule has 3 heterocycles. The molecule has 1 aromatic heterocycles. The monoisotopic (exact) mass is 479 g/mol. The fraction of sp³-hybridized carbons (Fsp3) is 0.308. The Bertz CT molecular complexity index is 1270. The highest BCUT2D eigenvalue weighted by molar-refractivity contribution is 6.03. The lowest BCUT2D eigenvalue weighted by atomic mass is 9.91. The lowest BCUT2D eigenvalue weighted by molar-refractivity contribution is -0.120. The molecule has 1 atom stereocenters. The second-order valence-corrected chi connectivity index (χ2v) is 8.87. The summed E-state index contributed by atoms with van der Waals surface area (Å²) in [7, 11) is 0. The van der Waals surface area contributed by atoms with E-state index in [1.54, 1.807) is 12.1 Å². The number of hydrogen-bond acceptors (Lipinski definition) is 5. The van der Waals surface area contributed by atoms with Crippen LogP contribution in [0.15, 0.2) is 42.5 Å². The first-order valence-corrected chi connectivity index (χ1v) is 11.5. The van der Waals surface area contributed by atoms with Crippen molar-refractivity contribution in [1.29, 1.82) is 0 Å². The van der Waals surface area contributed by atoms with Gasteiger partial charge in [0.1, 0.15) is 23.0 Å². The predicted octanol–water partition coefficient (Wildman–Crippen LogP) is 4.82. The van der Waals surface area contributed by atoms with E-state index in [0.717, 1.165) is 17.7 Å². The number of halogens is 2. The number of hydrogen-bond donors (Lipinski definition) is 3. The molecule has 9 heteroatoms.